The number of carbonyl (C=O) groups is 2. The Balaban J connectivity index is 1.93. The Morgan fingerprint density at radius 3 is 2.54 bits per heavy atom. The molecule has 144 valence electrons. The standard InChI is InChI=1S/C22H21ClN2O3/c23-16-10-11-18-17(12-16)20(14-6-2-1-3-7-14)24-21(15-8-4-5-9-15)22(28)25(18)13-19(26)27/h1-3,6-7,10-12,15,21H,4-5,8-9,13H2,(H,26,27)/t21-/m0/s1. The summed E-state index contributed by atoms with van der Waals surface area (Å²) in [6.45, 7) is -0.395. The molecule has 1 aliphatic carbocycles. The maximum absolute atomic E-state index is 13.4. The molecule has 1 aliphatic heterocycles. The Labute approximate surface area is 168 Å². The van der Waals surface area contributed by atoms with Gasteiger partial charge in [0.15, 0.2) is 0 Å². The van der Waals surface area contributed by atoms with Gasteiger partial charge in [-0.3, -0.25) is 19.5 Å². The molecule has 0 aromatic heterocycles. The number of aliphatic imine (C=N–C) groups is 1. The van der Waals surface area contributed by atoms with Crippen LogP contribution in [0.1, 0.15) is 36.8 Å². The number of aliphatic carboxylic acids is 1. The number of halogens is 1. The van der Waals surface area contributed by atoms with Gasteiger partial charge < -0.3 is 5.11 Å². The molecule has 1 amide bonds. The predicted molar refractivity (Wildman–Crippen MR) is 109 cm³/mol. The molecule has 1 fully saturated rings. The van der Waals surface area contributed by atoms with Gasteiger partial charge in [0.1, 0.15) is 12.6 Å². The molecule has 2 aliphatic rings. The maximum Gasteiger partial charge on any atom is 0.323 e. The number of rotatable bonds is 4. The lowest BCUT2D eigenvalue weighted by Crippen LogP contribution is -2.43. The van der Waals surface area contributed by atoms with Gasteiger partial charge in [-0.1, -0.05) is 54.8 Å². The molecule has 1 atom stereocenters. The molecule has 1 heterocycles. The molecule has 0 bridgehead atoms. The van der Waals surface area contributed by atoms with Crippen molar-refractivity contribution in [1.82, 2.24) is 0 Å². The summed E-state index contributed by atoms with van der Waals surface area (Å²) < 4.78 is 0. The number of carbonyl (C=O) groups excluding carboxylic acids is 1. The molecule has 6 heteroatoms. The Hall–Kier alpha value is -2.66. The highest BCUT2D eigenvalue weighted by molar-refractivity contribution is 6.32. The van der Waals surface area contributed by atoms with E-state index in [0.717, 1.165) is 31.2 Å². The summed E-state index contributed by atoms with van der Waals surface area (Å²) in [5.74, 6) is -1.17. The van der Waals surface area contributed by atoms with Crippen LogP contribution in [0.5, 0.6) is 0 Å². The molecular formula is C22H21ClN2O3. The molecular weight excluding hydrogens is 376 g/mol. The van der Waals surface area contributed by atoms with E-state index in [0.29, 0.717) is 22.0 Å². The summed E-state index contributed by atoms with van der Waals surface area (Å²) in [5, 5.41) is 9.95. The number of fused-ring (bicyclic) bond motifs is 1. The fraction of sp³-hybridized carbons (Fsp3) is 0.318. The molecule has 5 nitrogen and oxygen atoms in total. The highest BCUT2D eigenvalue weighted by Gasteiger charge is 2.38. The lowest BCUT2D eigenvalue weighted by molar-refractivity contribution is -0.136. The van der Waals surface area contributed by atoms with Crippen molar-refractivity contribution in [3.05, 3.63) is 64.7 Å². The van der Waals surface area contributed by atoms with Crippen LogP contribution in [0, 0.1) is 5.92 Å². The van der Waals surface area contributed by atoms with Gasteiger partial charge in [0.25, 0.3) is 5.91 Å². The molecule has 28 heavy (non-hydrogen) atoms. The third-order valence-corrected chi connectivity index (χ3v) is 5.71. The van der Waals surface area contributed by atoms with Crippen LogP contribution >= 0.6 is 11.6 Å². The average Bonchev–Trinajstić information content (AvgIpc) is 3.18. The second kappa shape index (κ2) is 7.76. The predicted octanol–water partition coefficient (Wildman–Crippen LogP) is 4.17. The summed E-state index contributed by atoms with van der Waals surface area (Å²) in [6, 6.07) is 14.3. The summed E-state index contributed by atoms with van der Waals surface area (Å²) in [6.07, 6.45) is 4.00. The number of carboxylic acids is 1. The number of carboxylic acid groups (broad SMARTS) is 1. The van der Waals surface area contributed by atoms with E-state index in [9.17, 15) is 14.7 Å². The van der Waals surface area contributed by atoms with Crippen molar-refractivity contribution in [2.75, 3.05) is 11.4 Å². The molecule has 4 rings (SSSR count). The van der Waals surface area contributed by atoms with Gasteiger partial charge in [-0.2, -0.15) is 0 Å². The zero-order valence-electron chi connectivity index (χ0n) is 15.3. The van der Waals surface area contributed by atoms with E-state index in [1.54, 1.807) is 18.2 Å². The normalized spacial score (nSPS) is 19.9. The number of benzodiazepines with no additional fused rings is 1. The molecule has 2 aromatic rings. The van der Waals surface area contributed by atoms with Crippen molar-refractivity contribution >= 4 is 34.9 Å². The third kappa shape index (κ3) is 3.54. The molecule has 2 aromatic carbocycles. The smallest absolute Gasteiger partial charge is 0.323 e. The Morgan fingerprint density at radius 2 is 1.86 bits per heavy atom. The minimum Gasteiger partial charge on any atom is -0.480 e. The number of anilines is 1. The summed E-state index contributed by atoms with van der Waals surface area (Å²) in [5.41, 5.74) is 2.81. The van der Waals surface area contributed by atoms with Crippen molar-refractivity contribution in [2.24, 2.45) is 10.9 Å². The van der Waals surface area contributed by atoms with Crippen LogP contribution < -0.4 is 4.90 Å². The second-order valence-electron chi connectivity index (χ2n) is 7.31. The quantitative estimate of drug-likeness (QED) is 0.843. The largest absolute Gasteiger partial charge is 0.480 e. The Bertz CT molecular complexity index is 936. The first-order valence-electron chi connectivity index (χ1n) is 9.51. The van der Waals surface area contributed by atoms with Gasteiger partial charge in [-0.15, -0.1) is 0 Å². The molecule has 0 spiro atoms. The molecule has 1 N–H and O–H groups in total. The first-order chi connectivity index (χ1) is 13.5. The zero-order valence-corrected chi connectivity index (χ0v) is 16.1. The van der Waals surface area contributed by atoms with E-state index in [1.807, 2.05) is 30.3 Å². The number of nitrogens with zero attached hydrogens (tertiary/aromatic N) is 2. The summed E-state index contributed by atoms with van der Waals surface area (Å²) in [4.78, 5) is 31.2. The lowest BCUT2D eigenvalue weighted by Gasteiger charge is -2.25. The van der Waals surface area contributed by atoms with Crippen LogP contribution in [-0.4, -0.2) is 35.3 Å². The van der Waals surface area contributed by atoms with Crippen LogP contribution in [0.25, 0.3) is 0 Å². The first-order valence-corrected chi connectivity index (χ1v) is 9.88. The van der Waals surface area contributed by atoms with Crippen molar-refractivity contribution < 1.29 is 14.7 Å². The van der Waals surface area contributed by atoms with Crippen molar-refractivity contribution in [3.63, 3.8) is 0 Å². The SMILES string of the molecule is O=C(O)CN1C(=O)[C@H](C2CCCC2)N=C(c2ccccc2)c2cc(Cl)ccc21. The monoisotopic (exact) mass is 396 g/mol. The fourth-order valence-corrected chi connectivity index (χ4v) is 4.35. The lowest BCUT2D eigenvalue weighted by atomic mass is 9.97. The molecule has 1 saturated carbocycles. The van der Waals surface area contributed by atoms with Crippen LogP contribution in [0.2, 0.25) is 5.02 Å². The Morgan fingerprint density at radius 1 is 1.14 bits per heavy atom. The number of hydrogen-bond acceptors (Lipinski definition) is 3. The van der Waals surface area contributed by atoms with Crippen molar-refractivity contribution in [3.8, 4) is 0 Å². The van der Waals surface area contributed by atoms with Gasteiger partial charge in [0.2, 0.25) is 0 Å². The van der Waals surface area contributed by atoms with E-state index in [1.165, 1.54) is 4.90 Å². The van der Waals surface area contributed by atoms with Gasteiger partial charge in [-0.05, 0) is 37.0 Å². The van der Waals surface area contributed by atoms with Crippen LogP contribution in [-0.2, 0) is 9.59 Å². The number of hydrogen-bond donors (Lipinski definition) is 1. The van der Waals surface area contributed by atoms with Gasteiger partial charge in [0, 0.05) is 16.1 Å². The van der Waals surface area contributed by atoms with Crippen molar-refractivity contribution in [2.45, 2.75) is 31.7 Å². The van der Waals surface area contributed by atoms with Crippen LogP contribution in [0.3, 0.4) is 0 Å². The number of amides is 1. The van der Waals surface area contributed by atoms with E-state index in [-0.39, 0.29) is 11.8 Å². The Kier molecular flexibility index (Phi) is 5.18. The first kappa shape index (κ1) is 18.7. The zero-order chi connectivity index (χ0) is 19.7. The van der Waals surface area contributed by atoms with E-state index in [4.69, 9.17) is 16.6 Å². The van der Waals surface area contributed by atoms with Gasteiger partial charge in [-0.25, -0.2) is 0 Å². The molecule has 0 saturated heterocycles. The maximum atomic E-state index is 13.4. The summed E-state index contributed by atoms with van der Waals surface area (Å²) >= 11 is 6.26. The van der Waals surface area contributed by atoms with Crippen LogP contribution in [0.15, 0.2) is 53.5 Å². The van der Waals surface area contributed by atoms with E-state index < -0.39 is 18.6 Å². The summed E-state index contributed by atoms with van der Waals surface area (Å²) in [7, 11) is 0. The fourth-order valence-electron chi connectivity index (χ4n) is 4.18. The third-order valence-electron chi connectivity index (χ3n) is 5.48. The molecule has 0 radical (unpaired) electrons. The van der Waals surface area contributed by atoms with Gasteiger partial charge in [0.05, 0.1) is 11.4 Å². The van der Waals surface area contributed by atoms with E-state index in [2.05, 4.69) is 0 Å². The second-order valence-corrected chi connectivity index (χ2v) is 7.75. The van der Waals surface area contributed by atoms with Crippen molar-refractivity contribution in [1.29, 1.82) is 0 Å². The average molecular weight is 397 g/mol. The van der Waals surface area contributed by atoms with Crippen LogP contribution in [0.4, 0.5) is 5.69 Å². The highest BCUT2D eigenvalue weighted by Crippen LogP contribution is 2.36. The topological polar surface area (TPSA) is 70.0 Å². The minimum absolute atomic E-state index is 0.132. The highest BCUT2D eigenvalue weighted by atomic mass is 35.5. The molecule has 0 unspecified atom stereocenters. The van der Waals surface area contributed by atoms with E-state index >= 15 is 0 Å². The minimum atomic E-state index is -1.05. The van der Waals surface area contributed by atoms with Gasteiger partial charge >= 0.3 is 5.97 Å². The number of benzene rings is 2.